The fourth-order valence-electron chi connectivity index (χ4n) is 1.26. The lowest BCUT2D eigenvalue weighted by Crippen LogP contribution is -2.32. The van der Waals surface area contributed by atoms with Gasteiger partial charge in [0.1, 0.15) is 0 Å². The minimum Gasteiger partial charge on any atom is -0.390 e. The van der Waals surface area contributed by atoms with E-state index in [1.54, 1.807) is 0 Å². The number of hydrogen-bond acceptors (Lipinski definition) is 2. The second kappa shape index (κ2) is 3.56. The molecule has 1 aliphatic heterocycles. The van der Waals surface area contributed by atoms with Crippen molar-refractivity contribution in [2.24, 2.45) is 5.92 Å². The molecule has 1 heterocycles. The molecule has 0 aliphatic carbocycles. The van der Waals surface area contributed by atoms with Crippen molar-refractivity contribution in [3.8, 4) is 0 Å². The maximum Gasteiger partial charge on any atom is 0.0632 e. The zero-order chi connectivity index (χ0) is 6.91. The molecule has 2 nitrogen and oxygen atoms in total. The number of halogens is 1. The van der Waals surface area contributed by atoms with Crippen LogP contribution in [0.3, 0.4) is 0 Å². The summed E-state index contributed by atoms with van der Waals surface area (Å²) in [5, 5.41) is 12.7. The van der Waals surface area contributed by atoms with Gasteiger partial charge in [-0.25, -0.2) is 0 Å². The standard InChI is InChI=1S/C7H15NO.ClH/c1-7(2,9)6-3-4-8-5-6;/h6,8-9H,3-5H2,1-2H3;1H/t6-;/m0./s1. The molecule has 0 unspecified atom stereocenters. The molecule has 0 saturated carbocycles. The van der Waals surface area contributed by atoms with E-state index in [4.69, 9.17) is 0 Å². The average Bonchev–Trinajstić information content (AvgIpc) is 2.08. The molecule has 0 amide bonds. The summed E-state index contributed by atoms with van der Waals surface area (Å²) in [5.41, 5.74) is -0.483. The Balaban J connectivity index is 0.000000810. The van der Waals surface area contributed by atoms with Crippen LogP contribution in [0, 0.1) is 5.92 Å². The number of nitrogens with one attached hydrogen (secondary N) is 1. The van der Waals surface area contributed by atoms with Crippen molar-refractivity contribution in [1.29, 1.82) is 0 Å². The van der Waals surface area contributed by atoms with Crippen LogP contribution in [0.25, 0.3) is 0 Å². The van der Waals surface area contributed by atoms with Gasteiger partial charge in [0.25, 0.3) is 0 Å². The summed E-state index contributed by atoms with van der Waals surface area (Å²) in [6.45, 7) is 5.80. The first-order valence-electron chi connectivity index (χ1n) is 3.54. The molecule has 1 rings (SSSR count). The summed E-state index contributed by atoms with van der Waals surface area (Å²) in [5.74, 6) is 0.456. The zero-order valence-electron chi connectivity index (χ0n) is 6.55. The zero-order valence-corrected chi connectivity index (χ0v) is 7.37. The van der Waals surface area contributed by atoms with E-state index in [-0.39, 0.29) is 12.4 Å². The minimum atomic E-state index is -0.483. The topological polar surface area (TPSA) is 32.3 Å². The molecule has 0 aromatic heterocycles. The maximum atomic E-state index is 9.48. The van der Waals surface area contributed by atoms with Crippen LogP contribution in [0.5, 0.6) is 0 Å². The van der Waals surface area contributed by atoms with Gasteiger partial charge in [0, 0.05) is 12.5 Å². The molecule has 10 heavy (non-hydrogen) atoms. The average molecular weight is 166 g/mol. The summed E-state index contributed by atoms with van der Waals surface area (Å²) < 4.78 is 0. The second-order valence-electron chi connectivity index (χ2n) is 3.34. The molecule has 62 valence electrons. The van der Waals surface area contributed by atoms with Crippen LogP contribution in [-0.4, -0.2) is 23.8 Å². The van der Waals surface area contributed by atoms with Crippen LogP contribution in [-0.2, 0) is 0 Å². The predicted molar refractivity (Wildman–Crippen MR) is 44.5 cm³/mol. The van der Waals surface area contributed by atoms with E-state index in [9.17, 15) is 5.11 Å². The largest absolute Gasteiger partial charge is 0.390 e. The third-order valence-corrected chi connectivity index (χ3v) is 2.06. The molecule has 0 radical (unpaired) electrons. The first-order valence-corrected chi connectivity index (χ1v) is 3.54. The lowest BCUT2D eigenvalue weighted by Gasteiger charge is -2.23. The Labute approximate surface area is 68.4 Å². The van der Waals surface area contributed by atoms with Gasteiger partial charge in [-0.05, 0) is 26.8 Å². The number of rotatable bonds is 1. The highest BCUT2D eigenvalue weighted by molar-refractivity contribution is 5.85. The van der Waals surface area contributed by atoms with Crippen molar-refractivity contribution in [2.75, 3.05) is 13.1 Å². The van der Waals surface area contributed by atoms with Gasteiger partial charge in [-0.1, -0.05) is 0 Å². The van der Waals surface area contributed by atoms with E-state index < -0.39 is 5.60 Å². The summed E-state index contributed by atoms with van der Waals surface area (Å²) in [6, 6.07) is 0. The SMILES string of the molecule is CC(C)(O)[C@H]1CCNC1.Cl. The van der Waals surface area contributed by atoms with Crippen molar-refractivity contribution < 1.29 is 5.11 Å². The molecule has 1 fully saturated rings. The van der Waals surface area contributed by atoms with Crippen molar-refractivity contribution in [3.05, 3.63) is 0 Å². The Morgan fingerprint density at radius 2 is 2.10 bits per heavy atom. The Hall–Kier alpha value is 0.210. The highest BCUT2D eigenvalue weighted by atomic mass is 35.5. The summed E-state index contributed by atoms with van der Waals surface area (Å²) in [7, 11) is 0. The predicted octanol–water partition coefficient (Wildman–Crippen LogP) is 0.789. The summed E-state index contributed by atoms with van der Waals surface area (Å²) in [6.07, 6.45) is 1.11. The molecule has 0 aromatic rings. The molecule has 2 N–H and O–H groups in total. The van der Waals surface area contributed by atoms with E-state index in [0.717, 1.165) is 19.5 Å². The molecular weight excluding hydrogens is 150 g/mol. The normalized spacial score (nSPS) is 26.1. The lowest BCUT2D eigenvalue weighted by atomic mass is 9.91. The Kier molecular flexibility index (Phi) is 3.63. The van der Waals surface area contributed by atoms with E-state index in [1.165, 1.54) is 0 Å². The lowest BCUT2D eigenvalue weighted by molar-refractivity contribution is 0.0256. The van der Waals surface area contributed by atoms with Crippen molar-refractivity contribution in [1.82, 2.24) is 5.32 Å². The molecule has 1 saturated heterocycles. The highest BCUT2D eigenvalue weighted by Gasteiger charge is 2.28. The van der Waals surface area contributed by atoms with Crippen LogP contribution in [0.1, 0.15) is 20.3 Å². The van der Waals surface area contributed by atoms with Gasteiger partial charge in [0.2, 0.25) is 0 Å². The van der Waals surface area contributed by atoms with Gasteiger partial charge in [-0.3, -0.25) is 0 Å². The number of aliphatic hydroxyl groups is 1. The molecular formula is C7H16ClNO. The Morgan fingerprint density at radius 3 is 2.30 bits per heavy atom. The first-order chi connectivity index (χ1) is 4.11. The van der Waals surface area contributed by atoms with Gasteiger partial charge in [0.15, 0.2) is 0 Å². The van der Waals surface area contributed by atoms with Crippen LogP contribution in [0.15, 0.2) is 0 Å². The maximum absolute atomic E-state index is 9.48. The van der Waals surface area contributed by atoms with Gasteiger partial charge < -0.3 is 10.4 Å². The summed E-state index contributed by atoms with van der Waals surface area (Å²) in [4.78, 5) is 0. The molecule has 0 aromatic carbocycles. The quantitative estimate of drug-likeness (QED) is 0.602. The fraction of sp³-hybridized carbons (Fsp3) is 1.00. The number of hydrogen-bond donors (Lipinski definition) is 2. The van der Waals surface area contributed by atoms with Gasteiger partial charge in [-0.2, -0.15) is 0 Å². The Bertz CT molecular complexity index is 94.3. The summed E-state index contributed by atoms with van der Waals surface area (Å²) >= 11 is 0. The van der Waals surface area contributed by atoms with Crippen molar-refractivity contribution >= 4 is 12.4 Å². The van der Waals surface area contributed by atoms with Crippen molar-refractivity contribution in [3.63, 3.8) is 0 Å². The third-order valence-electron chi connectivity index (χ3n) is 2.06. The van der Waals surface area contributed by atoms with E-state index in [1.807, 2.05) is 13.8 Å². The molecule has 0 spiro atoms. The van der Waals surface area contributed by atoms with E-state index >= 15 is 0 Å². The second-order valence-corrected chi connectivity index (χ2v) is 3.34. The van der Waals surface area contributed by atoms with E-state index in [0.29, 0.717) is 5.92 Å². The molecule has 1 aliphatic rings. The van der Waals surface area contributed by atoms with Crippen LogP contribution in [0.2, 0.25) is 0 Å². The Morgan fingerprint density at radius 1 is 1.50 bits per heavy atom. The molecule has 1 atom stereocenters. The van der Waals surface area contributed by atoms with Crippen molar-refractivity contribution in [2.45, 2.75) is 25.9 Å². The molecule has 0 bridgehead atoms. The first kappa shape index (κ1) is 10.2. The van der Waals surface area contributed by atoms with Crippen LogP contribution >= 0.6 is 12.4 Å². The van der Waals surface area contributed by atoms with Gasteiger partial charge in [0.05, 0.1) is 5.60 Å². The van der Waals surface area contributed by atoms with Gasteiger partial charge in [-0.15, -0.1) is 12.4 Å². The van der Waals surface area contributed by atoms with E-state index in [2.05, 4.69) is 5.32 Å². The minimum absolute atomic E-state index is 0. The fourth-order valence-corrected chi connectivity index (χ4v) is 1.26. The van der Waals surface area contributed by atoms with Crippen LogP contribution in [0.4, 0.5) is 0 Å². The van der Waals surface area contributed by atoms with Gasteiger partial charge >= 0.3 is 0 Å². The third kappa shape index (κ3) is 2.45. The van der Waals surface area contributed by atoms with Crippen LogP contribution < -0.4 is 5.32 Å². The monoisotopic (exact) mass is 165 g/mol. The molecule has 3 heteroatoms. The highest BCUT2D eigenvalue weighted by Crippen LogP contribution is 2.21. The smallest absolute Gasteiger partial charge is 0.0632 e.